The molecule has 0 spiro atoms. The summed E-state index contributed by atoms with van der Waals surface area (Å²) in [4.78, 5) is 17.6. The van der Waals surface area contributed by atoms with Gasteiger partial charge in [0.2, 0.25) is 0 Å². The van der Waals surface area contributed by atoms with Crippen LogP contribution in [0.1, 0.15) is 48.3 Å². The molecule has 1 aliphatic carbocycles. The number of sulfonamides is 1. The number of alkyl halides is 3. The Hall–Kier alpha value is -3.32. The smallest absolute Gasteiger partial charge is 0.472 e. The first-order chi connectivity index (χ1) is 18.4. The van der Waals surface area contributed by atoms with Gasteiger partial charge in [-0.1, -0.05) is 32.0 Å². The number of carbonyl (C=O) groups excluding carboxylic acids is 1. The highest BCUT2D eigenvalue weighted by molar-refractivity contribution is 9.10. The second kappa shape index (κ2) is 11.0. The Bertz CT molecular complexity index is 1590. The van der Waals surface area contributed by atoms with Crippen LogP contribution in [0.2, 0.25) is 0 Å². The first-order valence-corrected chi connectivity index (χ1v) is 14.3. The number of aromatic nitrogens is 2. The number of nitrogens with one attached hydrogen (secondary N) is 1. The molecule has 0 atom stereocenters. The third-order valence-electron chi connectivity index (χ3n) is 6.17. The lowest BCUT2D eigenvalue weighted by atomic mass is 10.0. The van der Waals surface area contributed by atoms with Crippen molar-refractivity contribution in [2.45, 2.75) is 45.7 Å². The number of benzene rings is 1. The minimum atomic E-state index is -5.69. The molecule has 0 radical (unpaired) electrons. The van der Waals surface area contributed by atoms with Crippen molar-refractivity contribution in [3.63, 3.8) is 0 Å². The number of nitrogens with zero attached hydrogens (tertiary/aromatic N) is 2. The Kier molecular flexibility index (Phi) is 8.12. The molecule has 208 valence electrons. The molecule has 0 saturated heterocycles. The Labute approximate surface area is 231 Å². The van der Waals surface area contributed by atoms with Crippen LogP contribution in [0.5, 0.6) is 0 Å². The zero-order valence-corrected chi connectivity index (χ0v) is 23.6. The molecular formula is C26H25BrF3N3O5S. The lowest BCUT2D eigenvalue weighted by Crippen LogP contribution is -2.30. The van der Waals surface area contributed by atoms with Crippen molar-refractivity contribution >= 4 is 37.6 Å². The van der Waals surface area contributed by atoms with Gasteiger partial charge in [-0.15, -0.1) is 0 Å². The lowest BCUT2D eigenvalue weighted by Gasteiger charge is -2.17. The maximum Gasteiger partial charge on any atom is 0.516 e. The number of para-hydroxylation sites is 1. The normalized spacial score (nSPS) is 12.2. The van der Waals surface area contributed by atoms with Crippen LogP contribution in [0.3, 0.4) is 0 Å². The number of imidazole rings is 1. The van der Waals surface area contributed by atoms with E-state index in [0.717, 1.165) is 0 Å². The highest BCUT2D eigenvalue weighted by atomic mass is 79.9. The molecule has 1 aromatic heterocycles. The van der Waals surface area contributed by atoms with Crippen LogP contribution in [0, 0.1) is 0 Å². The molecule has 1 aliphatic heterocycles. The highest BCUT2D eigenvalue weighted by Crippen LogP contribution is 2.48. The van der Waals surface area contributed by atoms with Crippen molar-refractivity contribution in [2.75, 3.05) is 11.3 Å². The van der Waals surface area contributed by atoms with Crippen molar-refractivity contribution in [2.24, 2.45) is 0 Å². The van der Waals surface area contributed by atoms with Crippen molar-refractivity contribution in [1.82, 2.24) is 9.55 Å². The van der Waals surface area contributed by atoms with Crippen LogP contribution in [-0.4, -0.2) is 36.1 Å². The van der Waals surface area contributed by atoms with E-state index in [1.807, 2.05) is 13.8 Å². The maximum absolute atomic E-state index is 13.2. The van der Waals surface area contributed by atoms with Gasteiger partial charge in [-0.05, 0) is 52.5 Å². The number of ether oxygens (including phenoxy) is 1. The van der Waals surface area contributed by atoms with Crippen LogP contribution in [-0.2, 0) is 34.1 Å². The molecule has 0 amide bonds. The van der Waals surface area contributed by atoms with E-state index in [4.69, 9.17) is 9.15 Å². The zero-order chi connectivity index (χ0) is 28.5. The number of hydrogen-bond acceptors (Lipinski definition) is 6. The Morgan fingerprint density at radius 3 is 2.46 bits per heavy atom. The topological polar surface area (TPSA) is 103 Å². The summed E-state index contributed by atoms with van der Waals surface area (Å²) in [6.07, 6.45) is 3.91. The van der Waals surface area contributed by atoms with E-state index >= 15 is 0 Å². The maximum atomic E-state index is 13.2. The average Bonchev–Trinajstić information content (AvgIpc) is 3.38. The number of rotatable bonds is 9. The van der Waals surface area contributed by atoms with E-state index in [1.54, 1.807) is 28.3 Å². The van der Waals surface area contributed by atoms with E-state index in [2.05, 4.69) is 20.9 Å². The van der Waals surface area contributed by atoms with Gasteiger partial charge in [0.25, 0.3) is 0 Å². The largest absolute Gasteiger partial charge is 0.516 e. The van der Waals surface area contributed by atoms with Crippen LogP contribution in [0.15, 0.2) is 51.7 Å². The Morgan fingerprint density at radius 2 is 1.82 bits per heavy atom. The molecule has 0 unspecified atom stereocenters. The molecule has 2 aromatic rings. The van der Waals surface area contributed by atoms with E-state index in [0.29, 0.717) is 56.8 Å². The molecule has 0 fully saturated rings. The predicted octanol–water partition coefficient (Wildman–Crippen LogP) is 6.62. The third kappa shape index (κ3) is 5.29. The van der Waals surface area contributed by atoms with Gasteiger partial charge in [0.15, 0.2) is 5.69 Å². The van der Waals surface area contributed by atoms with Gasteiger partial charge in [-0.2, -0.15) is 21.6 Å². The molecule has 8 nitrogen and oxygen atoms in total. The fourth-order valence-electron chi connectivity index (χ4n) is 4.47. The number of fused-ring (bicyclic) bond motifs is 1. The minimum absolute atomic E-state index is 0.103. The summed E-state index contributed by atoms with van der Waals surface area (Å²) >= 11 is 3.56. The van der Waals surface area contributed by atoms with Gasteiger partial charge in [-0.3, -0.25) is 4.72 Å². The minimum Gasteiger partial charge on any atom is -0.472 e. The van der Waals surface area contributed by atoms with Crippen molar-refractivity contribution in [3.8, 4) is 22.3 Å². The average molecular weight is 628 g/mol. The molecular weight excluding hydrogens is 603 g/mol. The summed E-state index contributed by atoms with van der Waals surface area (Å²) in [6, 6.07) is 7.50. The number of esters is 1. The van der Waals surface area contributed by atoms with Crippen LogP contribution in [0.25, 0.3) is 22.3 Å². The molecule has 1 aromatic carbocycles. The summed E-state index contributed by atoms with van der Waals surface area (Å²) < 4.78 is 78.3. The van der Waals surface area contributed by atoms with Gasteiger partial charge in [-0.25, -0.2) is 9.78 Å². The summed E-state index contributed by atoms with van der Waals surface area (Å²) in [7, 11) is -5.69. The van der Waals surface area contributed by atoms with Gasteiger partial charge in [0.05, 0.1) is 37.1 Å². The summed E-state index contributed by atoms with van der Waals surface area (Å²) in [5.74, 6) is 0.0874. The first-order valence-electron chi connectivity index (χ1n) is 12.0. The molecule has 2 heterocycles. The molecule has 39 heavy (non-hydrogen) atoms. The standard InChI is InChI=1S/C26H25BrF3N3O5S/c1-4-19-24(25(34)38-6-3)33(21(5-2)31-19)13-17-15-11-12-37-14-18(15)23(27)22(17)16-9-7-8-10-20(16)32-39(35,36)26(28,29)30/h7-12,14,32H,4-6,13H2,1-3H3. The predicted molar refractivity (Wildman–Crippen MR) is 143 cm³/mol. The molecule has 13 heteroatoms. The lowest BCUT2D eigenvalue weighted by molar-refractivity contribution is -0.0429. The molecule has 0 bridgehead atoms. The number of aryl methyl sites for hydroxylation is 2. The van der Waals surface area contributed by atoms with Crippen molar-refractivity contribution in [1.29, 1.82) is 0 Å². The van der Waals surface area contributed by atoms with Crippen molar-refractivity contribution in [3.05, 3.63) is 70.1 Å². The van der Waals surface area contributed by atoms with Gasteiger partial charge in [0.1, 0.15) is 5.82 Å². The Morgan fingerprint density at radius 1 is 1.10 bits per heavy atom. The Balaban J connectivity index is 1.98. The van der Waals surface area contributed by atoms with E-state index in [9.17, 15) is 26.4 Å². The van der Waals surface area contributed by atoms with Gasteiger partial charge in [0, 0.05) is 27.6 Å². The van der Waals surface area contributed by atoms with Gasteiger partial charge >= 0.3 is 21.5 Å². The summed E-state index contributed by atoms with van der Waals surface area (Å²) in [6.45, 7) is 5.74. The number of halogens is 4. The van der Waals surface area contributed by atoms with E-state index < -0.39 is 21.5 Å². The number of anilines is 1. The summed E-state index contributed by atoms with van der Waals surface area (Å²) in [5.41, 5.74) is -2.34. The van der Waals surface area contributed by atoms with E-state index in [1.165, 1.54) is 30.7 Å². The monoisotopic (exact) mass is 627 g/mol. The fraction of sp³-hybridized carbons (Fsp3) is 0.308. The quantitative estimate of drug-likeness (QED) is 0.209. The zero-order valence-electron chi connectivity index (χ0n) is 21.2. The van der Waals surface area contributed by atoms with Crippen LogP contribution in [0.4, 0.5) is 18.9 Å². The number of carbonyl (C=O) groups is 1. The van der Waals surface area contributed by atoms with Crippen LogP contribution < -0.4 is 4.72 Å². The molecule has 2 aliphatic rings. The molecule has 0 saturated carbocycles. The molecule has 1 N–H and O–H groups in total. The van der Waals surface area contributed by atoms with Gasteiger partial charge < -0.3 is 13.7 Å². The highest BCUT2D eigenvalue weighted by Gasteiger charge is 2.46. The number of hydrogen-bond donors (Lipinski definition) is 1. The second-order valence-electron chi connectivity index (χ2n) is 8.49. The van der Waals surface area contributed by atoms with E-state index in [-0.39, 0.29) is 24.4 Å². The SMILES string of the molecule is CCOC(=O)c1c(CC)nc(CC)n1Cc1c2ccocc-2c(Br)c1-c1ccccc1NS(=O)(=O)C(F)(F)F. The third-order valence-corrected chi connectivity index (χ3v) is 8.09. The van der Waals surface area contributed by atoms with Crippen LogP contribution >= 0.6 is 15.9 Å². The summed E-state index contributed by atoms with van der Waals surface area (Å²) in [5, 5.41) is 0. The fourth-order valence-corrected chi connectivity index (χ4v) is 5.81. The second-order valence-corrected chi connectivity index (χ2v) is 11.0. The van der Waals surface area contributed by atoms with Crippen molar-refractivity contribution < 1.29 is 35.5 Å². The molecule has 4 rings (SSSR count). The first kappa shape index (κ1) is 28.7.